The maximum atomic E-state index is 12.2. The Hall–Kier alpha value is -1.88. The fraction of sp³-hybridized carbons (Fsp3) is 0.375. The summed E-state index contributed by atoms with van der Waals surface area (Å²) in [6.45, 7) is 2.62. The molecule has 21 heavy (non-hydrogen) atoms. The highest BCUT2D eigenvalue weighted by molar-refractivity contribution is 7.09. The molecule has 0 radical (unpaired) electrons. The summed E-state index contributed by atoms with van der Waals surface area (Å²) in [6, 6.07) is 7.91. The number of nitrogens with zero attached hydrogens (tertiary/aromatic N) is 1. The number of amides is 1. The van der Waals surface area contributed by atoms with E-state index in [4.69, 9.17) is 4.74 Å². The van der Waals surface area contributed by atoms with Crippen LogP contribution >= 0.6 is 11.3 Å². The van der Waals surface area contributed by atoms with E-state index in [1.54, 1.807) is 11.3 Å². The van der Waals surface area contributed by atoms with Gasteiger partial charge in [0, 0.05) is 17.8 Å². The van der Waals surface area contributed by atoms with Crippen molar-refractivity contribution in [1.82, 2.24) is 10.3 Å². The van der Waals surface area contributed by atoms with E-state index < -0.39 is 0 Å². The van der Waals surface area contributed by atoms with Crippen LogP contribution in [0.5, 0.6) is 5.75 Å². The Kier molecular flexibility index (Phi) is 4.20. The molecule has 0 saturated carbocycles. The molecule has 0 aliphatic carbocycles. The van der Waals surface area contributed by atoms with Crippen molar-refractivity contribution in [3.05, 3.63) is 45.9 Å². The van der Waals surface area contributed by atoms with Crippen LogP contribution in [0, 0.1) is 6.92 Å². The van der Waals surface area contributed by atoms with E-state index >= 15 is 0 Å². The zero-order valence-corrected chi connectivity index (χ0v) is 12.8. The lowest BCUT2D eigenvalue weighted by molar-refractivity contribution is -0.128. The Morgan fingerprint density at radius 3 is 3.14 bits per heavy atom. The smallest absolute Gasteiger partial charge is 0.261 e. The molecule has 2 aromatic rings. The van der Waals surface area contributed by atoms with E-state index in [2.05, 4.69) is 16.4 Å². The summed E-state index contributed by atoms with van der Waals surface area (Å²) in [5.41, 5.74) is 4.08. The summed E-state index contributed by atoms with van der Waals surface area (Å²) in [7, 11) is 0. The number of aromatic nitrogens is 1. The highest BCUT2D eigenvalue weighted by atomic mass is 32.1. The van der Waals surface area contributed by atoms with Gasteiger partial charge in [-0.05, 0) is 31.4 Å². The summed E-state index contributed by atoms with van der Waals surface area (Å²) in [5.74, 6) is 0.814. The number of carbonyl (C=O) groups excluding carboxylic acids is 1. The lowest BCUT2D eigenvalue weighted by Crippen LogP contribution is -2.41. The molecule has 1 aliphatic rings. The third-order valence-corrected chi connectivity index (χ3v) is 4.70. The molecule has 0 bridgehead atoms. The molecule has 0 spiro atoms. The van der Waals surface area contributed by atoms with Gasteiger partial charge < -0.3 is 10.1 Å². The molecule has 1 amide bonds. The number of hydrogen-bond acceptors (Lipinski definition) is 4. The van der Waals surface area contributed by atoms with Crippen LogP contribution in [-0.4, -0.2) is 23.5 Å². The second kappa shape index (κ2) is 6.26. The normalized spacial score (nSPS) is 16.9. The topological polar surface area (TPSA) is 51.2 Å². The van der Waals surface area contributed by atoms with Gasteiger partial charge in [0.05, 0.1) is 11.2 Å². The molecule has 1 aromatic carbocycles. The summed E-state index contributed by atoms with van der Waals surface area (Å²) in [5, 5.41) is 2.96. The number of nitrogens with one attached hydrogen (secondary N) is 1. The SMILES string of the molecule is Cc1ncsc1CCNC(=O)[C@H]1CCc2ccccc2O1. The molecule has 1 aromatic heterocycles. The molecule has 5 heteroatoms. The second-order valence-electron chi connectivity index (χ2n) is 5.15. The highest BCUT2D eigenvalue weighted by Gasteiger charge is 2.25. The molecule has 2 heterocycles. The van der Waals surface area contributed by atoms with E-state index in [1.807, 2.05) is 30.6 Å². The number of rotatable bonds is 4. The fourth-order valence-electron chi connectivity index (χ4n) is 2.49. The van der Waals surface area contributed by atoms with Gasteiger partial charge in [0.1, 0.15) is 5.75 Å². The minimum Gasteiger partial charge on any atom is -0.480 e. The molecule has 1 N–H and O–H groups in total. The van der Waals surface area contributed by atoms with Crippen LogP contribution in [0.1, 0.15) is 22.6 Å². The zero-order chi connectivity index (χ0) is 14.7. The molecule has 3 rings (SSSR count). The van der Waals surface area contributed by atoms with Crippen LogP contribution in [0.25, 0.3) is 0 Å². The maximum absolute atomic E-state index is 12.2. The standard InChI is InChI=1S/C16H18N2O2S/c1-11-15(21-10-18-11)8-9-17-16(19)14-7-6-12-4-2-3-5-13(12)20-14/h2-5,10,14H,6-9H2,1H3,(H,17,19)/t14-/m1/s1. The fourth-order valence-corrected chi connectivity index (χ4v) is 3.27. The molecule has 4 nitrogen and oxygen atoms in total. The van der Waals surface area contributed by atoms with Crippen molar-refractivity contribution < 1.29 is 9.53 Å². The van der Waals surface area contributed by atoms with Crippen LogP contribution in [-0.2, 0) is 17.6 Å². The summed E-state index contributed by atoms with van der Waals surface area (Å²) < 4.78 is 5.78. The van der Waals surface area contributed by atoms with Gasteiger partial charge >= 0.3 is 0 Å². The van der Waals surface area contributed by atoms with Crippen molar-refractivity contribution in [3.8, 4) is 5.75 Å². The van der Waals surface area contributed by atoms with Gasteiger partial charge in [-0.25, -0.2) is 4.98 Å². The molecule has 110 valence electrons. The van der Waals surface area contributed by atoms with E-state index in [0.29, 0.717) is 6.54 Å². The average Bonchev–Trinajstić information content (AvgIpc) is 2.92. The van der Waals surface area contributed by atoms with Gasteiger partial charge in [-0.3, -0.25) is 4.79 Å². The zero-order valence-electron chi connectivity index (χ0n) is 12.0. The number of hydrogen-bond donors (Lipinski definition) is 1. The summed E-state index contributed by atoms with van der Waals surface area (Å²) in [4.78, 5) is 17.6. The number of aryl methyl sites for hydroxylation is 2. The van der Waals surface area contributed by atoms with Gasteiger partial charge in [-0.15, -0.1) is 11.3 Å². The third kappa shape index (κ3) is 3.24. The Morgan fingerprint density at radius 1 is 1.48 bits per heavy atom. The van der Waals surface area contributed by atoms with Crippen molar-refractivity contribution in [2.45, 2.75) is 32.3 Å². The van der Waals surface area contributed by atoms with Crippen molar-refractivity contribution in [3.63, 3.8) is 0 Å². The van der Waals surface area contributed by atoms with Crippen LogP contribution < -0.4 is 10.1 Å². The van der Waals surface area contributed by atoms with Gasteiger partial charge in [-0.1, -0.05) is 18.2 Å². The van der Waals surface area contributed by atoms with E-state index in [9.17, 15) is 4.79 Å². The first-order valence-corrected chi connectivity index (χ1v) is 8.03. The largest absolute Gasteiger partial charge is 0.480 e. The first-order valence-electron chi connectivity index (χ1n) is 7.15. The third-order valence-electron chi connectivity index (χ3n) is 3.71. The predicted molar refractivity (Wildman–Crippen MR) is 82.7 cm³/mol. The Balaban J connectivity index is 1.52. The van der Waals surface area contributed by atoms with Gasteiger partial charge in [0.25, 0.3) is 5.91 Å². The lowest BCUT2D eigenvalue weighted by Gasteiger charge is -2.25. The van der Waals surface area contributed by atoms with E-state index in [-0.39, 0.29) is 12.0 Å². The van der Waals surface area contributed by atoms with E-state index in [0.717, 1.165) is 30.7 Å². The number of fused-ring (bicyclic) bond motifs is 1. The van der Waals surface area contributed by atoms with Gasteiger partial charge in [-0.2, -0.15) is 0 Å². The van der Waals surface area contributed by atoms with Gasteiger partial charge in [0.2, 0.25) is 0 Å². The molecule has 1 aliphatic heterocycles. The number of carbonyl (C=O) groups is 1. The van der Waals surface area contributed by atoms with E-state index in [1.165, 1.54) is 10.4 Å². The van der Waals surface area contributed by atoms with Crippen molar-refractivity contribution in [1.29, 1.82) is 0 Å². The number of para-hydroxylation sites is 1. The predicted octanol–water partition coefficient (Wildman–Crippen LogP) is 2.50. The summed E-state index contributed by atoms with van der Waals surface area (Å²) >= 11 is 1.63. The van der Waals surface area contributed by atoms with Crippen molar-refractivity contribution in [2.75, 3.05) is 6.54 Å². The Morgan fingerprint density at radius 2 is 2.33 bits per heavy atom. The number of thiazole rings is 1. The Labute approximate surface area is 128 Å². The van der Waals surface area contributed by atoms with Crippen LogP contribution in [0.4, 0.5) is 0 Å². The lowest BCUT2D eigenvalue weighted by atomic mass is 10.0. The first kappa shape index (κ1) is 14.1. The molecular formula is C16H18N2O2S. The minimum atomic E-state index is -0.373. The molecular weight excluding hydrogens is 284 g/mol. The van der Waals surface area contributed by atoms with Crippen LogP contribution in [0.3, 0.4) is 0 Å². The Bertz CT molecular complexity index is 639. The quantitative estimate of drug-likeness (QED) is 0.944. The maximum Gasteiger partial charge on any atom is 0.261 e. The molecule has 1 atom stereocenters. The molecule has 0 fully saturated rings. The van der Waals surface area contributed by atoms with Crippen molar-refractivity contribution >= 4 is 17.2 Å². The van der Waals surface area contributed by atoms with Gasteiger partial charge in [0.15, 0.2) is 6.10 Å². The first-order chi connectivity index (χ1) is 10.2. The second-order valence-corrected chi connectivity index (χ2v) is 6.09. The number of ether oxygens (including phenoxy) is 1. The average molecular weight is 302 g/mol. The highest BCUT2D eigenvalue weighted by Crippen LogP contribution is 2.27. The monoisotopic (exact) mass is 302 g/mol. The summed E-state index contributed by atoms with van der Waals surface area (Å²) in [6.07, 6.45) is 2.08. The van der Waals surface area contributed by atoms with Crippen molar-refractivity contribution in [2.24, 2.45) is 0 Å². The number of benzene rings is 1. The minimum absolute atomic E-state index is 0.0216. The van der Waals surface area contributed by atoms with Crippen LogP contribution in [0.2, 0.25) is 0 Å². The van der Waals surface area contributed by atoms with Crippen LogP contribution in [0.15, 0.2) is 29.8 Å². The molecule has 0 unspecified atom stereocenters. The molecule has 0 saturated heterocycles.